The number of aliphatic imine (C=N–C) groups is 1. The van der Waals surface area contributed by atoms with Gasteiger partial charge in [-0.25, -0.2) is 0 Å². The van der Waals surface area contributed by atoms with E-state index in [1.54, 1.807) is 0 Å². The van der Waals surface area contributed by atoms with Gasteiger partial charge in [0.05, 0.1) is 6.54 Å². The Hall–Kier alpha value is -0.960. The highest BCUT2D eigenvalue weighted by Crippen LogP contribution is 2.18. The van der Waals surface area contributed by atoms with Crippen molar-refractivity contribution in [2.45, 2.75) is 32.1 Å². The van der Waals surface area contributed by atoms with Gasteiger partial charge in [0.15, 0.2) is 5.17 Å². The molecule has 0 saturated heterocycles. The van der Waals surface area contributed by atoms with Crippen molar-refractivity contribution >= 4 is 16.9 Å². The average Bonchev–Trinajstić information content (AvgIpc) is 2.73. The maximum Gasteiger partial charge on any atom is 0.157 e. The molecule has 16 heavy (non-hydrogen) atoms. The molecule has 0 saturated carbocycles. The molecule has 2 rings (SSSR count). The van der Waals surface area contributed by atoms with Crippen LogP contribution in [0.1, 0.15) is 25.0 Å². The number of amidine groups is 1. The molecule has 3 heteroatoms. The molecular weight excluding hydrogens is 216 g/mol. The number of aryl methyl sites for hydroxylation is 1. The Bertz CT molecular complexity index is 370. The summed E-state index contributed by atoms with van der Waals surface area (Å²) in [6, 6.07) is 8.78. The van der Waals surface area contributed by atoms with Crippen LogP contribution in [0.2, 0.25) is 0 Å². The fraction of sp³-hybridized carbons (Fsp3) is 0.462. The van der Waals surface area contributed by atoms with Crippen LogP contribution in [0.5, 0.6) is 0 Å². The van der Waals surface area contributed by atoms with Crippen molar-refractivity contribution in [2.24, 2.45) is 4.99 Å². The molecule has 0 radical (unpaired) electrons. The summed E-state index contributed by atoms with van der Waals surface area (Å²) in [7, 11) is 0. The Morgan fingerprint density at radius 2 is 2.00 bits per heavy atom. The zero-order valence-corrected chi connectivity index (χ0v) is 10.7. The van der Waals surface area contributed by atoms with Gasteiger partial charge in [0.1, 0.15) is 0 Å². The second kappa shape index (κ2) is 5.39. The minimum absolute atomic E-state index is 0.630. The van der Waals surface area contributed by atoms with Crippen molar-refractivity contribution in [3.8, 4) is 0 Å². The number of nitrogens with one attached hydrogen (secondary N) is 1. The first-order chi connectivity index (χ1) is 7.78. The van der Waals surface area contributed by atoms with E-state index in [0.29, 0.717) is 5.25 Å². The second-order valence-electron chi connectivity index (χ2n) is 4.10. The van der Waals surface area contributed by atoms with Crippen molar-refractivity contribution < 1.29 is 0 Å². The largest absolute Gasteiger partial charge is 0.361 e. The van der Waals surface area contributed by atoms with Crippen LogP contribution in [0, 0.1) is 0 Å². The highest BCUT2D eigenvalue weighted by molar-refractivity contribution is 8.14. The molecule has 1 unspecified atom stereocenters. The number of hydrogen-bond acceptors (Lipinski definition) is 3. The lowest BCUT2D eigenvalue weighted by Crippen LogP contribution is -2.18. The van der Waals surface area contributed by atoms with Gasteiger partial charge >= 0.3 is 0 Å². The zero-order valence-electron chi connectivity index (χ0n) is 9.86. The fourth-order valence-corrected chi connectivity index (χ4v) is 2.48. The quantitative estimate of drug-likeness (QED) is 0.869. The van der Waals surface area contributed by atoms with Gasteiger partial charge in [-0.05, 0) is 17.5 Å². The molecule has 0 spiro atoms. The van der Waals surface area contributed by atoms with Crippen molar-refractivity contribution in [2.75, 3.05) is 6.54 Å². The molecule has 0 aromatic heterocycles. The summed E-state index contributed by atoms with van der Waals surface area (Å²) in [4.78, 5) is 4.43. The lowest BCUT2D eigenvalue weighted by molar-refractivity contribution is 0.912. The third kappa shape index (κ3) is 3.01. The minimum atomic E-state index is 0.630. The van der Waals surface area contributed by atoms with Crippen LogP contribution < -0.4 is 5.32 Å². The summed E-state index contributed by atoms with van der Waals surface area (Å²) < 4.78 is 0. The number of thioether (sulfide) groups is 1. The summed E-state index contributed by atoms with van der Waals surface area (Å²) in [6.45, 7) is 6.21. The molecule has 86 valence electrons. The predicted octanol–water partition coefficient (Wildman–Crippen LogP) is 2.83. The average molecular weight is 234 g/mol. The van der Waals surface area contributed by atoms with Gasteiger partial charge in [0, 0.05) is 11.8 Å². The van der Waals surface area contributed by atoms with Crippen LogP contribution in [0.4, 0.5) is 0 Å². The zero-order chi connectivity index (χ0) is 11.4. The summed E-state index contributed by atoms with van der Waals surface area (Å²) in [5, 5.41) is 5.10. The van der Waals surface area contributed by atoms with Crippen molar-refractivity contribution in [1.29, 1.82) is 0 Å². The Balaban J connectivity index is 1.85. The molecule has 1 aromatic carbocycles. The topological polar surface area (TPSA) is 24.4 Å². The Kier molecular flexibility index (Phi) is 3.88. The molecule has 1 N–H and O–H groups in total. The van der Waals surface area contributed by atoms with Crippen molar-refractivity contribution in [3.05, 3.63) is 35.4 Å². The van der Waals surface area contributed by atoms with Gasteiger partial charge in [-0.2, -0.15) is 0 Å². The van der Waals surface area contributed by atoms with E-state index in [2.05, 4.69) is 48.4 Å². The Morgan fingerprint density at radius 1 is 1.31 bits per heavy atom. The molecule has 0 bridgehead atoms. The highest BCUT2D eigenvalue weighted by Gasteiger charge is 2.13. The Morgan fingerprint density at radius 3 is 2.56 bits per heavy atom. The molecule has 0 aliphatic carbocycles. The summed E-state index contributed by atoms with van der Waals surface area (Å²) >= 11 is 1.83. The Labute approximate surface area is 102 Å². The first-order valence-corrected chi connectivity index (χ1v) is 6.68. The van der Waals surface area contributed by atoms with Crippen molar-refractivity contribution in [3.63, 3.8) is 0 Å². The monoisotopic (exact) mass is 234 g/mol. The van der Waals surface area contributed by atoms with E-state index in [1.807, 2.05) is 11.8 Å². The van der Waals surface area contributed by atoms with Gasteiger partial charge in [-0.1, -0.05) is 49.9 Å². The van der Waals surface area contributed by atoms with Gasteiger partial charge in [-0.3, -0.25) is 4.99 Å². The van der Waals surface area contributed by atoms with Crippen molar-refractivity contribution in [1.82, 2.24) is 5.32 Å². The van der Waals surface area contributed by atoms with Gasteiger partial charge in [0.25, 0.3) is 0 Å². The minimum Gasteiger partial charge on any atom is -0.361 e. The molecular formula is C13H18N2S. The first kappa shape index (κ1) is 11.5. The summed E-state index contributed by atoms with van der Waals surface area (Å²) in [5.41, 5.74) is 2.71. The SMILES string of the molecule is CCc1ccc(CNC2=NCC(C)S2)cc1. The molecule has 0 fully saturated rings. The predicted molar refractivity (Wildman–Crippen MR) is 72.0 cm³/mol. The van der Waals surface area contributed by atoms with Gasteiger partial charge < -0.3 is 5.32 Å². The van der Waals surface area contributed by atoms with E-state index < -0.39 is 0 Å². The summed E-state index contributed by atoms with van der Waals surface area (Å²) in [5.74, 6) is 0. The third-order valence-corrected chi connectivity index (χ3v) is 3.73. The second-order valence-corrected chi connectivity index (χ2v) is 5.53. The molecule has 1 aliphatic rings. The first-order valence-electron chi connectivity index (χ1n) is 5.80. The number of benzene rings is 1. The molecule has 2 nitrogen and oxygen atoms in total. The van der Waals surface area contributed by atoms with E-state index in [0.717, 1.165) is 24.7 Å². The lowest BCUT2D eigenvalue weighted by Gasteiger charge is -2.06. The van der Waals surface area contributed by atoms with Crippen LogP contribution in [0.15, 0.2) is 29.3 Å². The van der Waals surface area contributed by atoms with Crippen LogP contribution >= 0.6 is 11.8 Å². The van der Waals surface area contributed by atoms with Crippen LogP contribution in [-0.2, 0) is 13.0 Å². The third-order valence-electron chi connectivity index (χ3n) is 2.68. The van der Waals surface area contributed by atoms with Gasteiger partial charge in [-0.15, -0.1) is 0 Å². The van der Waals surface area contributed by atoms with Crippen LogP contribution in [-0.4, -0.2) is 17.0 Å². The maximum atomic E-state index is 4.43. The van der Waals surface area contributed by atoms with E-state index in [-0.39, 0.29) is 0 Å². The van der Waals surface area contributed by atoms with E-state index in [4.69, 9.17) is 0 Å². The number of hydrogen-bond donors (Lipinski definition) is 1. The molecule has 1 heterocycles. The molecule has 1 aromatic rings. The standard InChI is InChI=1S/C13H18N2S/c1-3-11-4-6-12(7-5-11)9-15-13-14-8-10(2)16-13/h4-7,10H,3,8-9H2,1-2H3,(H,14,15). The van der Waals surface area contributed by atoms with E-state index in [1.165, 1.54) is 11.1 Å². The normalized spacial score (nSPS) is 19.6. The smallest absolute Gasteiger partial charge is 0.157 e. The molecule has 1 atom stereocenters. The maximum absolute atomic E-state index is 4.43. The number of rotatable bonds is 3. The lowest BCUT2D eigenvalue weighted by atomic mass is 10.1. The van der Waals surface area contributed by atoms with Crippen LogP contribution in [0.25, 0.3) is 0 Å². The molecule has 1 aliphatic heterocycles. The van der Waals surface area contributed by atoms with E-state index >= 15 is 0 Å². The summed E-state index contributed by atoms with van der Waals surface area (Å²) in [6.07, 6.45) is 1.10. The van der Waals surface area contributed by atoms with Crippen LogP contribution in [0.3, 0.4) is 0 Å². The molecule has 0 amide bonds. The van der Waals surface area contributed by atoms with Gasteiger partial charge in [0.2, 0.25) is 0 Å². The van der Waals surface area contributed by atoms with E-state index in [9.17, 15) is 0 Å². The fourth-order valence-electron chi connectivity index (χ4n) is 1.64. The number of nitrogens with zero attached hydrogens (tertiary/aromatic N) is 1. The highest BCUT2D eigenvalue weighted by atomic mass is 32.2.